The van der Waals surface area contributed by atoms with Gasteiger partial charge < -0.3 is 15.1 Å². The van der Waals surface area contributed by atoms with Crippen LogP contribution >= 0.6 is 24.0 Å². The summed E-state index contributed by atoms with van der Waals surface area (Å²) in [5.41, 5.74) is 2.47. The monoisotopic (exact) mass is 519 g/mol. The number of halogens is 1. The Bertz CT molecular complexity index is 886. The molecule has 1 aliphatic rings. The molecule has 3 aromatic rings. The minimum atomic E-state index is 0. The van der Waals surface area contributed by atoms with E-state index < -0.39 is 0 Å². The molecule has 4 rings (SSSR count). The van der Waals surface area contributed by atoms with Gasteiger partial charge in [0.1, 0.15) is 5.76 Å². The van der Waals surface area contributed by atoms with Crippen molar-refractivity contribution in [2.45, 2.75) is 51.2 Å². The topological polar surface area (TPSA) is 67.4 Å². The first-order valence-electron chi connectivity index (χ1n) is 10.5. The number of benzene rings is 1. The van der Waals surface area contributed by atoms with E-state index in [1.165, 1.54) is 36.8 Å². The van der Waals surface area contributed by atoms with E-state index in [0.717, 1.165) is 31.2 Å². The number of hydrogen-bond acceptors (Lipinski definition) is 3. The largest absolute Gasteiger partial charge is 0.469 e. The van der Waals surface area contributed by atoms with Crippen LogP contribution in [-0.2, 0) is 19.5 Å². The van der Waals surface area contributed by atoms with Crippen molar-refractivity contribution in [1.82, 2.24) is 20.4 Å². The number of rotatable bonds is 8. The van der Waals surface area contributed by atoms with Gasteiger partial charge in [-0.25, -0.2) is 4.99 Å². The van der Waals surface area contributed by atoms with Gasteiger partial charge in [-0.2, -0.15) is 5.10 Å². The van der Waals surface area contributed by atoms with Crippen LogP contribution in [0.4, 0.5) is 0 Å². The highest BCUT2D eigenvalue weighted by Gasteiger charge is 2.16. The number of guanidine groups is 1. The molecule has 1 aliphatic carbocycles. The number of nitrogens with one attached hydrogen (secondary N) is 2. The number of aliphatic imine (C=N–C) groups is 1. The predicted molar refractivity (Wildman–Crippen MR) is 130 cm³/mol. The van der Waals surface area contributed by atoms with Crippen molar-refractivity contribution in [3.05, 3.63) is 78.0 Å². The van der Waals surface area contributed by atoms with Gasteiger partial charge >= 0.3 is 0 Å². The van der Waals surface area contributed by atoms with E-state index in [-0.39, 0.29) is 24.0 Å². The van der Waals surface area contributed by atoms with Gasteiger partial charge in [-0.05, 0) is 42.2 Å². The van der Waals surface area contributed by atoms with Crippen LogP contribution in [0, 0.1) is 0 Å². The van der Waals surface area contributed by atoms with Crippen LogP contribution in [0.1, 0.15) is 42.6 Å². The Labute approximate surface area is 195 Å². The molecule has 2 heterocycles. The van der Waals surface area contributed by atoms with Crippen molar-refractivity contribution in [2.75, 3.05) is 6.54 Å². The van der Waals surface area contributed by atoms with Crippen molar-refractivity contribution < 1.29 is 4.42 Å². The lowest BCUT2D eigenvalue weighted by molar-refractivity contribution is 0.506. The fourth-order valence-corrected chi connectivity index (χ4v) is 3.77. The second-order valence-corrected chi connectivity index (χ2v) is 7.52. The van der Waals surface area contributed by atoms with Crippen LogP contribution in [0.2, 0.25) is 0 Å². The lowest BCUT2D eigenvalue weighted by atomic mass is 10.1. The zero-order valence-corrected chi connectivity index (χ0v) is 19.5. The third kappa shape index (κ3) is 6.62. The number of furan rings is 1. The minimum Gasteiger partial charge on any atom is -0.469 e. The second-order valence-electron chi connectivity index (χ2n) is 7.52. The Balaban J connectivity index is 0.00000256. The third-order valence-corrected chi connectivity index (χ3v) is 5.36. The fourth-order valence-electron chi connectivity index (χ4n) is 3.77. The van der Waals surface area contributed by atoms with Crippen molar-refractivity contribution in [3.8, 4) is 0 Å². The molecule has 0 bridgehead atoms. The smallest absolute Gasteiger partial charge is 0.191 e. The Morgan fingerprint density at radius 3 is 2.67 bits per heavy atom. The predicted octanol–water partition coefficient (Wildman–Crippen LogP) is 4.36. The summed E-state index contributed by atoms with van der Waals surface area (Å²) in [6, 6.07) is 14.9. The first-order chi connectivity index (χ1) is 14.4. The summed E-state index contributed by atoms with van der Waals surface area (Å²) >= 11 is 0. The lowest BCUT2D eigenvalue weighted by Gasteiger charge is -2.17. The molecule has 0 atom stereocenters. The van der Waals surface area contributed by atoms with Gasteiger partial charge in [-0.3, -0.25) is 4.68 Å². The molecule has 0 aliphatic heterocycles. The Morgan fingerprint density at radius 1 is 1.10 bits per heavy atom. The normalized spacial score (nSPS) is 14.5. The van der Waals surface area contributed by atoms with E-state index in [2.05, 4.69) is 40.0 Å². The summed E-state index contributed by atoms with van der Waals surface area (Å²) in [5, 5.41) is 11.4. The van der Waals surface area contributed by atoms with E-state index in [1.807, 2.05) is 35.3 Å². The van der Waals surface area contributed by atoms with Crippen molar-refractivity contribution in [1.29, 1.82) is 0 Å². The van der Waals surface area contributed by atoms with Crippen molar-refractivity contribution in [3.63, 3.8) is 0 Å². The van der Waals surface area contributed by atoms with E-state index in [4.69, 9.17) is 9.41 Å². The molecular formula is C23H30IN5O. The maximum absolute atomic E-state index is 5.44. The molecule has 160 valence electrons. The molecule has 2 N–H and O–H groups in total. The van der Waals surface area contributed by atoms with Crippen molar-refractivity contribution >= 4 is 29.9 Å². The molecular weight excluding hydrogens is 489 g/mol. The van der Waals surface area contributed by atoms with Gasteiger partial charge in [-0.15, -0.1) is 24.0 Å². The zero-order chi connectivity index (χ0) is 19.7. The van der Waals surface area contributed by atoms with E-state index >= 15 is 0 Å². The first kappa shape index (κ1) is 22.4. The van der Waals surface area contributed by atoms with E-state index in [0.29, 0.717) is 12.6 Å². The Hall–Kier alpha value is -2.29. The molecule has 30 heavy (non-hydrogen) atoms. The summed E-state index contributed by atoms with van der Waals surface area (Å²) in [6.45, 7) is 2.19. The van der Waals surface area contributed by atoms with Gasteiger partial charge in [0.25, 0.3) is 0 Å². The molecule has 0 saturated heterocycles. The van der Waals surface area contributed by atoms with Crippen LogP contribution in [0.25, 0.3) is 0 Å². The molecule has 7 heteroatoms. The summed E-state index contributed by atoms with van der Waals surface area (Å²) in [5.74, 6) is 1.87. The highest BCUT2D eigenvalue weighted by Crippen LogP contribution is 2.17. The van der Waals surface area contributed by atoms with E-state index in [1.54, 1.807) is 6.26 Å². The SMILES string of the molecule is I.c1coc(CCNC(=NCc2ccccc2Cn2cccn2)NC2CCCC2)c1. The molecule has 0 spiro atoms. The van der Waals surface area contributed by atoms with Gasteiger partial charge in [0.2, 0.25) is 0 Å². The summed E-state index contributed by atoms with van der Waals surface area (Å²) in [4.78, 5) is 4.90. The second kappa shape index (κ2) is 11.8. The van der Waals surface area contributed by atoms with Gasteiger partial charge in [0.15, 0.2) is 5.96 Å². The maximum atomic E-state index is 5.44. The molecule has 1 saturated carbocycles. The van der Waals surface area contributed by atoms with Gasteiger partial charge in [-0.1, -0.05) is 37.1 Å². The van der Waals surface area contributed by atoms with Crippen LogP contribution in [0.5, 0.6) is 0 Å². The number of aromatic nitrogens is 2. The standard InChI is InChI=1S/C23H29N5O.HI/c1-2-8-20(18-28-15-6-13-26-28)19(7-1)17-25-23(27-21-9-3-4-10-21)24-14-12-22-11-5-16-29-22;/h1-2,5-8,11,13,15-16,21H,3-4,9-10,12,14,17-18H2,(H2,24,25,27);1H. The third-order valence-electron chi connectivity index (χ3n) is 5.36. The summed E-state index contributed by atoms with van der Waals surface area (Å²) in [6.07, 6.45) is 11.4. The molecule has 1 aromatic carbocycles. The quantitative estimate of drug-likeness (QED) is 0.264. The molecule has 6 nitrogen and oxygen atoms in total. The molecule has 1 fully saturated rings. The number of nitrogens with zero attached hydrogens (tertiary/aromatic N) is 3. The Kier molecular flexibility index (Phi) is 8.80. The fraction of sp³-hybridized carbons (Fsp3) is 0.391. The van der Waals surface area contributed by atoms with Gasteiger partial charge in [0, 0.05) is 31.4 Å². The average molecular weight is 519 g/mol. The van der Waals surface area contributed by atoms with Crippen LogP contribution < -0.4 is 10.6 Å². The average Bonchev–Trinajstić information content (AvgIpc) is 3.51. The maximum Gasteiger partial charge on any atom is 0.191 e. The van der Waals surface area contributed by atoms with Gasteiger partial charge in [0.05, 0.1) is 19.4 Å². The van der Waals surface area contributed by atoms with Crippen LogP contribution in [-0.4, -0.2) is 28.3 Å². The van der Waals surface area contributed by atoms with Crippen LogP contribution in [0.15, 0.2) is 70.5 Å². The number of hydrogen-bond donors (Lipinski definition) is 2. The van der Waals surface area contributed by atoms with E-state index in [9.17, 15) is 0 Å². The molecule has 0 unspecified atom stereocenters. The zero-order valence-electron chi connectivity index (χ0n) is 17.2. The summed E-state index contributed by atoms with van der Waals surface area (Å²) < 4.78 is 7.38. The molecule has 2 aromatic heterocycles. The molecule has 0 radical (unpaired) electrons. The van der Waals surface area contributed by atoms with Crippen molar-refractivity contribution in [2.24, 2.45) is 4.99 Å². The summed E-state index contributed by atoms with van der Waals surface area (Å²) in [7, 11) is 0. The minimum absolute atomic E-state index is 0. The van der Waals surface area contributed by atoms with Crippen LogP contribution in [0.3, 0.4) is 0 Å². The Morgan fingerprint density at radius 2 is 1.93 bits per heavy atom. The first-order valence-corrected chi connectivity index (χ1v) is 10.5. The molecule has 0 amide bonds. The highest BCUT2D eigenvalue weighted by molar-refractivity contribution is 14.0. The highest BCUT2D eigenvalue weighted by atomic mass is 127. The lowest BCUT2D eigenvalue weighted by Crippen LogP contribution is -2.43.